The molecule has 0 aliphatic heterocycles. The molecule has 2 rings (SSSR count). The average Bonchev–Trinajstić information content (AvgIpc) is 2.86. The van der Waals surface area contributed by atoms with Crippen LogP contribution in [0.4, 0.5) is 13.2 Å². The number of benzene rings is 1. The number of halogens is 4. The predicted molar refractivity (Wildman–Crippen MR) is 85.9 cm³/mol. The maximum absolute atomic E-state index is 12.5. The minimum atomic E-state index is -4.54. The van der Waals surface area contributed by atoms with E-state index < -0.39 is 11.9 Å². The number of aromatic nitrogens is 1. The molecule has 0 spiro atoms. The van der Waals surface area contributed by atoms with Gasteiger partial charge in [-0.25, -0.2) is 4.98 Å². The highest BCUT2D eigenvalue weighted by atomic mass is 35.5. The normalized spacial score (nSPS) is 12.3. The molecule has 128 valence electrons. The van der Waals surface area contributed by atoms with E-state index >= 15 is 0 Å². The molecule has 0 bridgehead atoms. The fourth-order valence-corrected chi connectivity index (χ4v) is 2.10. The number of aryl methyl sites for hydroxylation is 1. The molecule has 0 fully saturated rings. The topological polar surface area (TPSA) is 54.0 Å². The van der Waals surface area contributed by atoms with Gasteiger partial charge < -0.3 is 4.42 Å². The Labute approximate surface area is 141 Å². The van der Waals surface area contributed by atoms with Gasteiger partial charge in [0.15, 0.2) is 5.76 Å². The molecule has 1 aromatic carbocycles. The number of oxazole rings is 1. The summed E-state index contributed by atoms with van der Waals surface area (Å²) in [6.45, 7) is 5.56. The Morgan fingerprint density at radius 1 is 1.38 bits per heavy atom. The van der Waals surface area contributed by atoms with Gasteiger partial charge in [-0.05, 0) is 26.0 Å². The molecule has 0 N–H and O–H groups in total. The highest BCUT2D eigenvalue weighted by molar-refractivity contribution is 6.33. The molecule has 0 unspecified atom stereocenters. The van der Waals surface area contributed by atoms with E-state index in [9.17, 15) is 13.2 Å². The van der Waals surface area contributed by atoms with Gasteiger partial charge in [0.05, 0.1) is 10.7 Å². The second kappa shape index (κ2) is 7.04. The van der Waals surface area contributed by atoms with Crippen molar-refractivity contribution in [1.82, 2.24) is 10.1 Å². The number of hydrazone groups is 2. The highest BCUT2D eigenvalue weighted by Crippen LogP contribution is 2.31. The number of alkyl halides is 3. The third-order valence-corrected chi connectivity index (χ3v) is 3.40. The maximum Gasteiger partial charge on any atom is 0.430 e. The third-order valence-electron chi connectivity index (χ3n) is 3.07. The van der Waals surface area contributed by atoms with E-state index in [1.54, 1.807) is 31.2 Å². The first-order valence-electron chi connectivity index (χ1n) is 6.80. The minimum absolute atomic E-state index is 0.147. The summed E-state index contributed by atoms with van der Waals surface area (Å²) in [7, 11) is 0. The Morgan fingerprint density at radius 2 is 2.04 bits per heavy atom. The first kappa shape index (κ1) is 18.0. The number of nitrogens with zero attached hydrogens (tertiary/aromatic N) is 4. The molecule has 2 aromatic rings. The molecule has 0 radical (unpaired) electrons. The smallest absolute Gasteiger partial charge is 0.430 e. The van der Waals surface area contributed by atoms with Gasteiger partial charge in [0, 0.05) is 12.3 Å². The lowest BCUT2D eigenvalue weighted by molar-refractivity contribution is -0.0608. The van der Waals surface area contributed by atoms with Gasteiger partial charge in [-0.2, -0.15) is 28.5 Å². The summed E-state index contributed by atoms with van der Waals surface area (Å²) in [5.74, 6) is 0.588. The van der Waals surface area contributed by atoms with Crippen LogP contribution in [0.25, 0.3) is 11.3 Å². The molecule has 1 heterocycles. The Morgan fingerprint density at radius 3 is 2.62 bits per heavy atom. The monoisotopic (exact) mass is 358 g/mol. The summed E-state index contributed by atoms with van der Waals surface area (Å²) >= 11 is 6.12. The summed E-state index contributed by atoms with van der Waals surface area (Å²) in [6.07, 6.45) is -4.54. The summed E-state index contributed by atoms with van der Waals surface area (Å²) in [6, 6.07) is 7.02. The van der Waals surface area contributed by atoms with Crippen molar-refractivity contribution in [2.24, 2.45) is 10.2 Å². The lowest BCUT2D eigenvalue weighted by atomic mass is 10.1. The van der Waals surface area contributed by atoms with Crippen molar-refractivity contribution in [3.05, 3.63) is 40.9 Å². The van der Waals surface area contributed by atoms with Gasteiger partial charge in [-0.3, -0.25) is 0 Å². The molecule has 9 heteroatoms. The van der Waals surface area contributed by atoms with Gasteiger partial charge in [-0.15, -0.1) is 0 Å². The van der Waals surface area contributed by atoms with Crippen LogP contribution >= 0.6 is 11.6 Å². The molecule has 24 heavy (non-hydrogen) atoms. The van der Waals surface area contributed by atoms with Crippen LogP contribution < -0.4 is 0 Å². The van der Waals surface area contributed by atoms with Gasteiger partial charge >= 0.3 is 6.18 Å². The molecule has 0 atom stereocenters. The highest BCUT2D eigenvalue weighted by Gasteiger charge is 2.33. The molecular formula is C15H14ClF3N4O. The number of hydrogen-bond donors (Lipinski definition) is 0. The van der Waals surface area contributed by atoms with E-state index in [0.29, 0.717) is 22.0 Å². The SMILES string of the molecule is C=NN(Cc1nc(C)c(-c2ccccc2Cl)o1)/N=C(\C)C(F)(F)F. The molecule has 0 aliphatic rings. The van der Waals surface area contributed by atoms with E-state index in [0.717, 1.165) is 12.0 Å². The van der Waals surface area contributed by atoms with Crippen LogP contribution in [0, 0.1) is 6.92 Å². The Hall–Kier alpha value is -2.35. The molecule has 0 amide bonds. The van der Waals surface area contributed by atoms with Crippen LogP contribution in [0.15, 0.2) is 38.9 Å². The van der Waals surface area contributed by atoms with Crippen molar-refractivity contribution >= 4 is 24.0 Å². The first-order valence-corrected chi connectivity index (χ1v) is 7.18. The zero-order valence-electron chi connectivity index (χ0n) is 12.9. The van der Waals surface area contributed by atoms with E-state index in [2.05, 4.69) is 21.9 Å². The second-order valence-electron chi connectivity index (χ2n) is 4.86. The van der Waals surface area contributed by atoms with Crippen LogP contribution in [0.1, 0.15) is 18.5 Å². The van der Waals surface area contributed by atoms with Crippen molar-refractivity contribution in [3.63, 3.8) is 0 Å². The predicted octanol–water partition coefficient (Wildman–Crippen LogP) is 4.66. The second-order valence-corrected chi connectivity index (χ2v) is 5.26. The van der Waals surface area contributed by atoms with E-state index in [-0.39, 0.29) is 12.4 Å². The largest absolute Gasteiger partial charge is 0.438 e. The standard InChI is InChI=1S/C15H14ClF3N4O/c1-9-14(11-6-4-5-7-12(11)16)24-13(21-9)8-23(20-3)22-10(2)15(17,18)19/h4-7H,3,8H2,1-2H3/b22-10+. The molecule has 0 aliphatic carbocycles. The van der Waals surface area contributed by atoms with E-state index in [1.165, 1.54) is 0 Å². The summed E-state index contributed by atoms with van der Waals surface area (Å²) < 4.78 is 43.2. The van der Waals surface area contributed by atoms with Crippen LogP contribution in [-0.4, -0.2) is 28.7 Å². The first-order chi connectivity index (χ1) is 11.2. The van der Waals surface area contributed by atoms with Crippen molar-refractivity contribution in [2.45, 2.75) is 26.6 Å². The summed E-state index contributed by atoms with van der Waals surface area (Å²) in [5.41, 5.74) is 0.145. The molecule has 0 saturated carbocycles. The lowest BCUT2D eigenvalue weighted by Gasteiger charge is -2.13. The fourth-order valence-electron chi connectivity index (χ4n) is 1.88. The molecule has 5 nitrogen and oxygen atoms in total. The molecule has 1 aromatic heterocycles. The molecule has 0 saturated heterocycles. The van der Waals surface area contributed by atoms with Crippen molar-refractivity contribution in [2.75, 3.05) is 0 Å². The quantitative estimate of drug-likeness (QED) is 0.577. The van der Waals surface area contributed by atoms with Crippen LogP contribution in [-0.2, 0) is 6.54 Å². The van der Waals surface area contributed by atoms with Crippen LogP contribution in [0.3, 0.4) is 0 Å². The van der Waals surface area contributed by atoms with E-state index in [1.807, 2.05) is 0 Å². The Kier molecular flexibility index (Phi) is 5.28. The van der Waals surface area contributed by atoms with Crippen LogP contribution in [0.2, 0.25) is 5.02 Å². The van der Waals surface area contributed by atoms with Crippen molar-refractivity contribution in [1.29, 1.82) is 0 Å². The zero-order chi connectivity index (χ0) is 17.9. The van der Waals surface area contributed by atoms with Crippen molar-refractivity contribution < 1.29 is 17.6 Å². The zero-order valence-corrected chi connectivity index (χ0v) is 13.7. The summed E-state index contributed by atoms with van der Waals surface area (Å²) in [4.78, 5) is 4.18. The lowest BCUT2D eigenvalue weighted by Crippen LogP contribution is -2.23. The van der Waals surface area contributed by atoms with Crippen molar-refractivity contribution in [3.8, 4) is 11.3 Å². The van der Waals surface area contributed by atoms with Crippen LogP contribution in [0.5, 0.6) is 0 Å². The maximum atomic E-state index is 12.5. The average molecular weight is 359 g/mol. The minimum Gasteiger partial charge on any atom is -0.438 e. The van der Waals surface area contributed by atoms with Gasteiger partial charge in [-0.1, -0.05) is 23.7 Å². The van der Waals surface area contributed by atoms with Gasteiger partial charge in [0.1, 0.15) is 12.3 Å². The number of rotatable bonds is 5. The fraction of sp³-hybridized carbons (Fsp3) is 0.267. The Balaban J connectivity index is 2.27. The van der Waals surface area contributed by atoms with E-state index in [4.69, 9.17) is 16.0 Å². The Bertz CT molecular complexity index is 770. The number of hydrogen-bond acceptors (Lipinski definition) is 5. The van der Waals surface area contributed by atoms with Gasteiger partial charge in [0.25, 0.3) is 0 Å². The third kappa shape index (κ3) is 4.14. The molecular weight excluding hydrogens is 345 g/mol. The summed E-state index contributed by atoms with van der Waals surface area (Å²) in [5, 5.41) is 8.04. The van der Waals surface area contributed by atoms with Gasteiger partial charge in [0.2, 0.25) is 5.89 Å².